The van der Waals surface area contributed by atoms with Crippen molar-refractivity contribution in [3.63, 3.8) is 0 Å². The molecule has 14 heavy (non-hydrogen) atoms. The highest BCUT2D eigenvalue weighted by Gasteiger charge is 2.12. The van der Waals surface area contributed by atoms with Crippen molar-refractivity contribution >= 4 is 0 Å². The number of hydrogen-bond donors (Lipinski definition) is 0. The summed E-state index contributed by atoms with van der Waals surface area (Å²) in [6.45, 7) is 3.88. The van der Waals surface area contributed by atoms with Gasteiger partial charge in [-0.2, -0.15) is 0 Å². The second-order valence-corrected chi connectivity index (χ2v) is 4.91. The van der Waals surface area contributed by atoms with Gasteiger partial charge in [0.25, 0.3) is 0 Å². The van der Waals surface area contributed by atoms with Crippen LogP contribution < -0.4 is 0 Å². The third-order valence-corrected chi connectivity index (χ3v) is 3.59. The Hall–Kier alpha value is 0. The molecule has 0 bridgehead atoms. The van der Waals surface area contributed by atoms with Crippen molar-refractivity contribution in [2.45, 2.75) is 77.0 Å². The van der Waals surface area contributed by atoms with Gasteiger partial charge in [-0.15, -0.1) is 0 Å². The van der Waals surface area contributed by atoms with Gasteiger partial charge in [-0.25, -0.2) is 0 Å². The fraction of sp³-hybridized carbons (Fsp3) is 0.929. The molecule has 1 aliphatic rings. The van der Waals surface area contributed by atoms with Crippen LogP contribution in [0.15, 0.2) is 0 Å². The van der Waals surface area contributed by atoms with Crippen molar-refractivity contribution in [3.8, 4) is 0 Å². The molecule has 0 aromatic carbocycles. The zero-order chi connectivity index (χ0) is 10.1. The molecule has 83 valence electrons. The molecule has 1 radical (unpaired) electrons. The van der Waals surface area contributed by atoms with Crippen LogP contribution in [0, 0.1) is 12.8 Å². The average Bonchev–Trinajstić information content (AvgIpc) is 2.25. The highest BCUT2D eigenvalue weighted by atomic mass is 14.2. The number of rotatable bonds is 7. The SMILES string of the molecule is [CH2]CCCCCCCC1CCCCC1. The Kier molecular flexibility index (Phi) is 7.17. The van der Waals surface area contributed by atoms with Gasteiger partial charge in [-0.1, -0.05) is 84.0 Å². The van der Waals surface area contributed by atoms with Crippen molar-refractivity contribution in [2.24, 2.45) is 5.92 Å². The molecule has 1 fully saturated rings. The summed E-state index contributed by atoms with van der Waals surface area (Å²) in [5.74, 6) is 1.09. The first kappa shape index (κ1) is 12.1. The van der Waals surface area contributed by atoms with E-state index in [0.29, 0.717) is 0 Å². The minimum absolute atomic E-state index is 1.09. The van der Waals surface area contributed by atoms with Crippen LogP contribution in [0.25, 0.3) is 0 Å². The van der Waals surface area contributed by atoms with Crippen LogP contribution in [0.4, 0.5) is 0 Å². The summed E-state index contributed by atoms with van der Waals surface area (Å²) in [5, 5.41) is 0. The van der Waals surface area contributed by atoms with E-state index in [0.717, 1.165) is 12.3 Å². The van der Waals surface area contributed by atoms with Gasteiger partial charge >= 0.3 is 0 Å². The van der Waals surface area contributed by atoms with E-state index >= 15 is 0 Å². The fourth-order valence-electron chi connectivity index (χ4n) is 2.62. The molecule has 0 heteroatoms. The van der Waals surface area contributed by atoms with E-state index in [1.54, 1.807) is 0 Å². The zero-order valence-corrected chi connectivity index (χ0v) is 9.77. The molecule has 0 aromatic rings. The Bertz CT molecular complexity index is 111. The maximum absolute atomic E-state index is 3.88. The molecule has 0 aromatic heterocycles. The summed E-state index contributed by atoms with van der Waals surface area (Å²) in [7, 11) is 0. The molecule has 0 atom stereocenters. The lowest BCUT2D eigenvalue weighted by molar-refractivity contribution is 0.328. The average molecular weight is 195 g/mol. The summed E-state index contributed by atoms with van der Waals surface area (Å²) in [4.78, 5) is 0. The zero-order valence-electron chi connectivity index (χ0n) is 9.77. The van der Waals surface area contributed by atoms with E-state index in [9.17, 15) is 0 Å². The molecular weight excluding hydrogens is 168 g/mol. The lowest BCUT2D eigenvalue weighted by Crippen LogP contribution is -2.05. The summed E-state index contributed by atoms with van der Waals surface area (Å²) in [6, 6.07) is 0. The molecule has 1 saturated carbocycles. The van der Waals surface area contributed by atoms with Gasteiger partial charge in [0.05, 0.1) is 0 Å². The van der Waals surface area contributed by atoms with Crippen LogP contribution in [0.3, 0.4) is 0 Å². The predicted molar refractivity (Wildman–Crippen MR) is 64.3 cm³/mol. The molecule has 0 nitrogen and oxygen atoms in total. The van der Waals surface area contributed by atoms with Gasteiger partial charge in [0, 0.05) is 0 Å². The lowest BCUT2D eigenvalue weighted by atomic mass is 9.85. The first-order chi connectivity index (χ1) is 6.93. The number of unbranched alkanes of at least 4 members (excludes halogenated alkanes) is 5. The van der Waals surface area contributed by atoms with E-state index in [4.69, 9.17) is 0 Å². The molecule has 0 amide bonds. The van der Waals surface area contributed by atoms with E-state index < -0.39 is 0 Å². The molecule has 0 N–H and O–H groups in total. The largest absolute Gasteiger partial charge is 0.0533 e. The highest BCUT2D eigenvalue weighted by molar-refractivity contribution is 4.65. The predicted octanol–water partition coefficient (Wildman–Crippen LogP) is 5.13. The summed E-state index contributed by atoms with van der Waals surface area (Å²) in [5.41, 5.74) is 0. The standard InChI is InChI=1S/C14H27/c1-2-3-4-5-6-8-11-14-12-9-7-10-13-14/h14H,1-13H2. The molecule has 0 heterocycles. The first-order valence-corrected chi connectivity index (χ1v) is 6.72. The van der Waals surface area contributed by atoms with E-state index in [2.05, 4.69) is 6.92 Å². The molecule has 0 unspecified atom stereocenters. The molecular formula is C14H27. The number of hydrogen-bond acceptors (Lipinski definition) is 0. The fourth-order valence-corrected chi connectivity index (χ4v) is 2.62. The minimum Gasteiger partial charge on any atom is -0.0533 e. The van der Waals surface area contributed by atoms with Gasteiger partial charge < -0.3 is 0 Å². The highest BCUT2D eigenvalue weighted by Crippen LogP contribution is 2.27. The van der Waals surface area contributed by atoms with Crippen molar-refractivity contribution in [1.29, 1.82) is 0 Å². The lowest BCUT2D eigenvalue weighted by Gasteiger charge is -2.21. The summed E-state index contributed by atoms with van der Waals surface area (Å²) < 4.78 is 0. The second-order valence-electron chi connectivity index (χ2n) is 4.91. The van der Waals surface area contributed by atoms with Crippen LogP contribution in [0.2, 0.25) is 0 Å². The van der Waals surface area contributed by atoms with Crippen LogP contribution in [-0.4, -0.2) is 0 Å². The topological polar surface area (TPSA) is 0 Å². The molecule has 1 rings (SSSR count). The normalized spacial score (nSPS) is 18.6. The van der Waals surface area contributed by atoms with Gasteiger partial charge in [0.15, 0.2) is 0 Å². The van der Waals surface area contributed by atoms with E-state index in [1.165, 1.54) is 70.6 Å². The molecule has 0 aliphatic heterocycles. The Balaban J connectivity index is 1.82. The summed E-state index contributed by atoms with van der Waals surface area (Å²) in [6.07, 6.45) is 17.4. The molecule has 0 spiro atoms. The minimum atomic E-state index is 1.09. The Morgan fingerprint density at radius 1 is 0.786 bits per heavy atom. The van der Waals surface area contributed by atoms with E-state index in [1.807, 2.05) is 0 Å². The first-order valence-electron chi connectivity index (χ1n) is 6.72. The Labute approximate surface area is 90.5 Å². The van der Waals surface area contributed by atoms with Crippen molar-refractivity contribution < 1.29 is 0 Å². The van der Waals surface area contributed by atoms with Crippen molar-refractivity contribution in [1.82, 2.24) is 0 Å². The van der Waals surface area contributed by atoms with Gasteiger partial charge in [-0.3, -0.25) is 0 Å². The Morgan fingerprint density at radius 3 is 2.14 bits per heavy atom. The summed E-state index contributed by atoms with van der Waals surface area (Å²) >= 11 is 0. The maximum atomic E-state index is 3.88. The van der Waals surface area contributed by atoms with Gasteiger partial charge in [0.2, 0.25) is 0 Å². The quantitative estimate of drug-likeness (QED) is 0.494. The van der Waals surface area contributed by atoms with Crippen molar-refractivity contribution in [3.05, 3.63) is 6.92 Å². The van der Waals surface area contributed by atoms with Gasteiger partial charge in [0.1, 0.15) is 0 Å². The smallest absolute Gasteiger partial charge is 0.0414 e. The van der Waals surface area contributed by atoms with Gasteiger partial charge in [-0.05, 0) is 5.92 Å². The van der Waals surface area contributed by atoms with Crippen LogP contribution in [-0.2, 0) is 0 Å². The van der Waals surface area contributed by atoms with E-state index in [-0.39, 0.29) is 0 Å². The molecule has 1 aliphatic carbocycles. The van der Waals surface area contributed by atoms with Crippen LogP contribution >= 0.6 is 0 Å². The maximum Gasteiger partial charge on any atom is -0.0414 e. The Morgan fingerprint density at radius 2 is 1.43 bits per heavy atom. The molecule has 0 saturated heterocycles. The second kappa shape index (κ2) is 8.32. The third-order valence-electron chi connectivity index (χ3n) is 3.59. The third kappa shape index (κ3) is 5.67. The monoisotopic (exact) mass is 195 g/mol. The van der Waals surface area contributed by atoms with Crippen LogP contribution in [0.1, 0.15) is 77.0 Å². The van der Waals surface area contributed by atoms with Crippen molar-refractivity contribution in [2.75, 3.05) is 0 Å². The van der Waals surface area contributed by atoms with Crippen LogP contribution in [0.5, 0.6) is 0 Å².